The molecule has 0 aliphatic carbocycles. The molecular formula is C8H8Cl2N2. The van der Waals surface area contributed by atoms with E-state index in [1.807, 2.05) is 0 Å². The average molecular weight is 203 g/mol. The van der Waals surface area contributed by atoms with Crippen LogP contribution < -0.4 is 5.73 Å². The lowest BCUT2D eigenvalue weighted by Gasteiger charge is -1.96. The van der Waals surface area contributed by atoms with E-state index >= 15 is 0 Å². The number of aromatic nitrogens is 1. The molecule has 1 heterocycles. The van der Waals surface area contributed by atoms with E-state index in [9.17, 15) is 0 Å². The molecule has 0 saturated heterocycles. The summed E-state index contributed by atoms with van der Waals surface area (Å²) in [5, 5.41) is 1.00. The van der Waals surface area contributed by atoms with Gasteiger partial charge in [0.2, 0.25) is 0 Å². The van der Waals surface area contributed by atoms with Gasteiger partial charge in [0, 0.05) is 18.3 Å². The third-order valence-electron chi connectivity index (χ3n) is 1.27. The van der Waals surface area contributed by atoms with Crippen molar-refractivity contribution in [1.82, 2.24) is 4.98 Å². The number of hydrogen-bond acceptors (Lipinski definition) is 2. The van der Waals surface area contributed by atoms with Gasteiger partial charge in [-0.2, -0.15) is 0 Å². The highest BCUT2D eigenvalue weighted by atomic mass is 35.5. The van der Waals surface area contributed by atoms with Gasteiger partial charge in [0.05, 0.1) is 5.02 Å². The third kappa shape index (κ3) is 2.48. The second-order valence-electron chi connectivity index (χ2n) is 2.17. The summed E-state index contributed by atoms with van der Waals surface area (Å²) < 4.78 is 0. The minimum atomic E-state index is 0.434. The number of pyridine rings is 1. The summed E-state index contributed by atoms with van der Waals surface area (Å²) in [4.78, 5) is 3.87. The monoisotopic (exact) mass is 202 g/mol. The molecule has 0 unspecified atom stereocenters. The average Bonchev–Trinajstić information content (AvgIpc) is 2.07. The van der Waals surface area contributed by atoms with Crippen LogP contribution in [0.1, 0.15) is 5.56 Å². The maximum absolute atomic E-state index is 5.77. The van der Waals surface area contributed by atoms with E-state index in [2.05, 4.69) is 4.98 Å². The largest absolute Gasteiger partial charge is 0.327 e. The van der Waals surface area contributed by atoms with Gasteiger partial charge in [0.15, 0.2) is 0 Å². The van der Waals surface area contributed by atoms with Crippen molar-refractivity contribution in [1.29, 1.82) is 0 Å². The zero-order chi connectivity index (χ0) is 8.97. The van der Waals surface area contributed by atoms with Crippen LogP contribution in [0.25, 0.3) is 6.08 Å². The van der Waals surface area contributed by atoms with E-state index in [1.165, 1.54) is 6.20 Å². The standard InChI is InChI=1S/C8H8Cl2N2/c9-7-4-6(2-1-3-11)8(10)12-5-7/h1-2,4-5H,3,11H2. The highest BCUT2D eigenvalue weighted by molar-refractivity contribution is 6.33. The Balaban J connectivity index is 2.97. The van der Waals surface area contributed by atoms with Crippen LogP contribution in [0.5, 0.6) is 0 Å². The molecule has 0 amide bonds. The van der Waals surface area contributed by atoms with E-state index in [0.29, 0.717) is 16.7 Å². The fourth-order valence-electron chi connectivity index (χ4n) is 0.750. The molecule has 1 rings (SSSR count). The van der Waals surface area contributed by atoms with Gasteiger partial charge < -0.3 is 5.73 Å². The molecule has 1 aromatic heterocycles. The van der Waals surface area contributed by atoms with Crippen LogP contribution in [-0.4, -0.2) is 11.5 Å². The Morgan fingerprint density at radius 1 is 1.50 bits per heavy atom. The maximum atomic E-state index is 5.77. The topological polar surface area (TPSA) is 38.9 Å². The summed E-state index contributed by atoms with van der Waals surface area (Å²) in [5.74, 6) is 0. The van der Waals surface area contributed by atoms with Crippen LogP contribution in [0.4, 0.5) is 0 Å². The van der Waals surface area contributed by atoms with Crippen LogP contribution in [0.3, 0.4) is 0 Å². The Hall–Kier alpha value is -0.570. The van der Waals surface area contributed by atoms with E-state index in [0.717, 1.165) is 5.56 Å². The number of halogens is 2. The molecule has 64 valence electrons. The van der Waals surface area contributed by atoms with Crippen molar-refractivity contribution in [2.75, 3.05) is 6.54 Å². The van der Waals surface area contributed by atoms with E-state index in [1.54, 1.807) is 18.2 Å². The molecule has 0 radical (unpaired) electrons. The molecule has 0 fully saturated rings. The van der Waals surface area contributed by atoms with Gasteiger partial charge in [-0.25, -0.2) is 4.98 Å². The summed E-state index contributed by atoms with van der Waals surface area (Å²) in [6, 6.07) is 1.74. The molecule has 0 aliphatic rings. The molecule has 0 aliphatic heterocycles. The normalized spacial score (nSPS) is 10.9. The molecule has 0 aromatic carbocycles. The minimum Gasteiger partial charge on any atom is -0.327 e. The van der Waals surface area contributed by atoms with Crippen LogP contribution in [0.2, 0.25) is 10.2 Å². The van der Waals surface area contributed by atoms with Crippen molar-refractivity contribution in [2.24, 2.45) is 5.73 Å². The summed E-state index contributed by atoms with van der Waals surface area (Å²) in [5.41, 5.74) is 6.07. The maximum Gasteiger partial charge on any atom is 0.136 e. The van der Waals surface area contributed by atoms with Gasteiger partial charge >= 0.3 is 0 Å². The third-order valence-corrected chi connectivity index (χ3v) is 1.79. The highest BCUT2D eigenvalue weighted by Crippen LogP contribution is 2.18. The first-order chi connectivity index (χ1) is 5.74. The van der Waals surface area contributed by atoms with Crippen molar-refractivity contribution in [3.63, 3.8) is 0 Å². The molecule has 4 heteroatoms. The molecule has 12 heavy (non-hydrogen) atoms. The molecule has 1 aromatic rings. The Labute approximate surface area is 81.0 Å². The zero-order valence-corrected chi connectivity index (χ0v) is 7.81. The summed E-state index contributed by atoms with van der Waals surface area (Å²) in [7, 11) is 0. The lowest BCUT2D eigenvalue weighted by atomic mass is 10.2. The SMILES string of the molecule is NCC=Cc1cc(Cl)cnc1Cl. The van der Waals surface area contributed by atoms with E-state index < -0.39 is 0 Å². The van der Waals surface area contributed by atoms with Crippen LogP contribution >= 0.6 is 23.2 Å². The second kappa shape index (κ2) is 4.45. The molecule has 0 atom stereocenters. The zero-order valence-electron chi connectivity index (χ0n) is 6.30. The molecule has 2 N–H and O–H groups in total. The minimum absolute atomic E-state index is 0.434. The van der Waals surface area contributed by atoms with Crippen molar-refractivity contribution in [3.05, 3.63) is 34.1 Å². The van der Waals surface area contributed by atoms with Gasteiger partial charge in [-0.3, -0.25) is 0 Å². The number of hydrogen-bond donors (Lipinski definition) is 1. The Morgan fingerprint density at radius 3 is 2.92 bits per heavy atom. The molecule has 0 spiro atoms. The van der Waals surface area contributed by atoms with Gasteiger partial charge in [-0.15, -0.1) is 0 Å². The Bertz CT molecular complexity index is 297. The summed E-state index contributed by atoms with van der Waals surface area (Å²) >= 11 is 11.5. The molecule has 0 bridgehead atoms. The Kier molecular flexibility index (Phi) is 3.53. The van der Waals surface area contributed by atoms with Gasteiger partial charge in [0.25, 0.3) is 0 Å². The molecule has 2 nitrogen and oxygen atoms in total. The van der Waals surface area contributed by atoms with Crippen LogP contribution in [0, 0.1) is 0 Å². The first-order valence-corrected chi connectivity index (χ1v) is 4.17. The summed E-state index contributed by atoms with van der Waals surface area (Å²) in [6.45, 7) is 0.475. The molecule has 0 saturated carbocycles. The number of rotatable bonds is 2. The van der Waals surface area contributed by atoms with Crippen molar-refractivity contribution >= 4 is 29.3 Å². The predicted octanol–water partition coefficient (Wildman–Crippen LogP) is 2.36. The first kappa shape index (κ1) is 9.52. The Morgan fingerprint density at radius 2 is 2.25 bits per heavy atom. The summed E-state index contributed by atoms with van der Waals surface area (Å²) in [6.07, 6.45) is 5.09. The van der Waals surface area contributed by atoms with Gasteiger partial charge in [-0.1, -0.05) is 35.4 Å². The van der Waals surface area contributed by atoms with Crippen molar-refractivity contribution < 1.29 is 0 Å². The quantitative estimate of drug-likeness (QED) is 0.749. The fourth-order valence-corrected chi connectivity index (χ4v) is 1.08. The van der Waals surface area contributed by atoms with E-state index in [-0.39, 0.29) is 0 Å². The van der Waals surface area contributed by atoms with Crippen LogP contribution in [-0.2, 0) is 0 Å². The van der Waals surface area contributed by atoms with Crippen LogP contribution in [0.15, 0.2) is 18.3 Å². The van der Waals surface area contributed by atoms with Gasteiger partial charge in [0.1, 0.15) is 5.15 Å². The van der Waals surface area contributed by atoms with Gasteiger partial charge in [-0.05, 0) is 6.07 Å². The smallest absolute Gasteiger partial charge is 0.136 e. The predicted molar refractivity (Wildman–Crippen MR) is 52.3 cm³/mol. The second-order valence-corrected chi connectivity index (χ2v) is 2.97. The lowest BCUT2D eigenvalue weighted by molar-refractivity contribution is 1.26. The number of nitrogens with zero attached hydrogens (tertiary/aromatic N) is 1. The van der Waals surface area contributed by atoms with Crippen molar-refractivity contribution in [2.45, 2.75) is 0 Å². The van der Waals surface area contributed by atoms with E-state index in [4.69, 9.17) is 28.9 Å². The molecular weight excluding hydrogens is 195 g/mol. The van der Waals surface area contributed by atoms with Crippen molar-refractivity contribution in [3.8, 4) is 0 Å². The fraction of sp³-hybridized carbons (Fsp3) is 0.125. The first-order valence-electron chi connectivity index (χ1n) is 3.41. The number of nitrogens with two attached hydrogens (primary N) is 1. The highest BCUT2D eigenvalue weighted by Gasteiger charge is 1.97. The lowest BCUT2D eigenvalue weighted by Crippen LogP contribution is -1.92.